The Balaban J connectivity index is 1.83. The summed E-state index contributed by atoms with van der Waals surface area (Å²) in [4.78, 5) is 24.3. The van der Waals surface area contributed by atoms with E-state index >= 15 is 0 Å². The maximum absolute atomic E-state index is 12.6. The highest BCUT2D eigenvalue weighted by atomic mass is 32.2. The summed E-state index contributed by atoms with van der Waals surface area (Å²) in [5.41, 5.74) is 5.88. The van der Waals surface area contributed by atoms with Crippen molar-refractivity contribution in [3.8, 4) is 5.75 Å². The van der Waals surface area contributed by atoms with E-state index in [-0.39, 0.29) is 22.8 Å². The highest BCUT2D eigenvalue weighted by molar-refractivity contribution is 7.89. The molecule has 0 heterocycles. The molecule has 0 aliphatic rings. The van der Waals surface area contributed by atoms with Crippen LogP contribution in [-0.4, -0.2) is 44.2 Å². The van der Waals surface area contributed by atoms with E-state index in [4.69, 9.17) is 4.74 Å². The van der Waals surface area contributed by atoms with Gasteiger partial charge in [0.1, 0.15) is 5.75 Å². The van der Waals surface area contributed by atoms with Crippen LogP contribution < -0.4 is 15.6 Å². The van der Waals surface area contributed by atoms with Gasteiger partial charge in [0.25, 0.3) is 5.91 Å². The number of nitrogens with zero attached hydrogens (tertiary/aromatic N) is 1. The molecular formula is C22H29N3O5S. The van der Waals surface area contributed by atoms with Gasteiger partial charge in [-0.25, -0.2) is 8.42 Å². The minimum atomic E-state index is -3.68. The third kappa shape index (κ3) is 7.08. The number of hydrogen-bond donors (Lipinski definition) is 2. The Kier molecular flexibility index (Phi) is 9.02. The van der Waals surface area contributed by atoms with E-state index in [1.165, 1.54) is 28.6 Å². The molecule has 0 aliphatic heterocycles. The minimum Gasteiger partial charge on any atom is -0.494 e. The first-order chi connectivity index (χ1) is 14.8. The van der Waals surface area contributed by atoms with Crippen LogP contribution >= 0.6 is 0 Å². The number of benzene rings is 2. The van der Waals surface area contributed by atoms with E-state index in [2.05, 4.69) is 10.9 Å². The molecule has 0 unspecified atom stereocenters. The van der Waals surface area contributed by atoms with Gasteiger partial charge in [-0.15, -0.1) is 0 Å². The van der Waals surface area contributed by atoms with Crippen LogP contribution in [0.2, 0.25) is 0 Å². The molecule has 2 aromatic carbocycles. The monoisotopic (exact) mass is 447 g/mol. The van der Waals surface area contributed by atoms with Gasteiger partial charge in [0.2, 0.25) is 15.9 Å². The first-order valence-electron chi connectivity index (χ1n) is 10.2. The molecule has 2 aromatic rings. The maximum Gasteiger partial charge on any atom is 0.269 e. The van der Waals surface area contributed by atoms with Crippen molar-refractivity contribution in [1.82, 2.24) is 15.2 Å². The lowest BCUT2D eigenvalue weighted by atomic mass is 10.2. The van der Waals surface area contributed by atoms with E-state index < -0.39 is 15.9 Å². The fraction of sp³-hybridized carbons (Fsp3) is 0.364. The van der Waals surface area contributed by atoms with E-state index in [1.54, 1.807) is 13.8 Å². The molecule has 31 heavy (non-hydrogen) atoms. The zero-order chi connectivity index (χ0) is 22.9. The molecule has 0 atom stereocenters. The lowest BCUT2D eigenvalue weighted by Gasteiger charge is -2.18. The molecule has 0 radical (unpaired) electrons. The van der Waals surface area contributed by atoms with E-state index in [9.17, 15) is 18.0 Å². The van der Waals surface area contributed by atoms with Crippen LogP contribution in [0.4, 0.5) is 0 Å². The Labute approximate surface area is 183 Å². The number of rotatable bonds is 10. The molecule has 0 saturated heterocycles. The predicted molar refractivity (Wildman–Crippen MR) is 118 cm³/mol. The van der Waals surface area contributed by atoms with Gasteiger partial charge in [0.15, 0.2) is 0 Å². The van der Waals surface area contributed by atoms with Crippen molar-refractivity contribution in [2.75, 3.05) is 19.7 Å². The molecule has 0 spiro atoms. The zero-order valence-electron chi connectivity index (χ0n) is 18.1. The highest BCUT2D eigenvalue weighted by Gasteiger charge is 2.22. The fourth-order valence-corrected chi connectivity index (χ4v) is 4.40. The van der Waals surface area contributed by atoms with E-state index in [0.717, 1.165) is 11.3 Å². The number of nitrogens with one attached hydrogen (secondary N) is 2. The summed E-state index contributed by atoms with van der Waals surface area (Å²) >= 11 is 0. The van der Waals surface area contributed by atoms with Crippen LogP contribution in [0.15, 0.2) is 53.4 Å². The number of carbonyl (C=O) groups excluding carboxylic acids is 2. The normalized spacial score (nSPS) is 11.2. The molecule has 0 aliphatic carbocycles. The number of amides is 2. The fourth-order valence-electron chi connectivity index (χ4n) is 2.90. The summed E-state index contributed by atoms with van der Waals surface area (Å²) in [5, 5.41) is 0. The molecular weight excluding hydrogens is 418 g/mol. The molecule has 9 heteroatoms. The first-order valence-corrected chi connectivity index (χ1v) is 11.6. The van der Waals surface area contributed by atoms with Crippen LogP contribution in [0, 0.1) is 6.92 Å². The van der Waals surface area contributed by atoms with Gasteiger partial charge in [0.05, 0.1) is 11.5 Å². The SMILES string of the molecule is CCN(CC)S(=O)(=O)c1cccc(C(=O)NNC(=O)CCCOc2cccc(C)c2)c1. The standard InChI is InChI=1S/C22H29N3O5S/c1-4-25(5-2)31(28,29)20-12-7-10-18(16-20)22(27)24-23-21(26)13-8-14-30-19-11-6-9-17(3)15-19/h6-7,9-12,15-16H,4-5,8,13-14H2,1-3H3,(H,23,26)(H,24,27). The Morgan fingerprint density at radius 2 is 1.71 bits per heavy atom. The molecule has 0 bridgehead atoms. The second kappa shape index (κ2) is 11.5. The summed E-state index contributed by atoms with van der Waals surface area (Å²) < 4.78 is 32.1. The Morgan fingerprint density at radius 3 is 2.39 bits per heavy atom. The van der Waals surface area contributed by atoms with Crippen molar-refractivity contribution in [2.45, 2.75) is 38.5 Å². The maximum atomic E-state index is 12.6. The summed E-state index contributed by atoms with van der Waals surface area (Å²) in [5.74, 6) is -0.220. The summed E-state index contributed by atoms with van der Waals surface area (Å²) in [6, 6.07) is 13.3. The first kappa shape index (κ1) is 24.4. The molecule has 2 N–H and O–H groups in total. The smallest absolute Gasteiger partial charge is 0.269 e. The molecule has 8 nitrogen and oxygen atoms in total. The summed E-state index contributed by atoms with van der Waals surface area (Å²) in [6.45, 7) is 6.50. The molecule has 0 aromatic heterocycles. The third-order valence-electron chi connectivity index (χ3n) is 4.56. The van der Waals surface area contributed by atoms with Crippen molar-refractivity contribution in [3.63, 3.8) is 0 Å². The number of hydrazine groups is 1. The van der Waals surface area contributed by atoms with Gasteiger partial charge in [-0.2, -0.15) is 4.31 Å². The minimum absolute atomic E-state index is 0.0310. The molecule has 0 saturated carbocycles. The summed E-state index contributed by atoms with van der Waals surface area (Å²) in [6.07, 6.45) is 0.649. The van der Waals surface area contributed by atoms with Gasteiger partial charge in [-0.1, -0.05) is 32.0 Å². The van der Waals surface area contributed by atoms with Crippen molar-refractivity contribution in [3.05, 3.63) is 59.7 Å². The average Bonchev–Trinajstić information content (AvgIpc) is 2.76. The van der Waals surface area contributed by atoms with Gasteiger partial charge in [-0.05, 0) is 49.2 Å². The number of ether oxygens (including phenoxy) is 1. The second-order valence-electron chi connectivity index (χ2n) is 6.89. The van der Waals surface area contributed by atoms with Crippen molar-refractivity contribution in [2.24, 2.45) is 0 Å². The highest BCUT2D eigenvalue weighted by Crippen LogP contribution is 2.17. The predicted octanol–water partition coefficient (Wildman–Crippen LogP) is 2.65. The van der Waals surface area contributed by atoms with Gasteiger partial charge >= 0.3 is 0 Å². The Hall–Kier alpha value is -2.91. The van der Waals surface area contributed by atoms with Crippen LogP contribution in [0.5, 0.6) is 5.75 Å². The van der Waals surface area contributed by atoms with Gasteiger partial charge in [0, 0.05) is 25.1 Å². The van der Waals surface area contributed by atoms with Crippen molar-refractivity contribution >= 4 is 21.8 Å². The lowest BCUT2D eigenvalue weighted by Crippen LogP contribution is -2.41. The van der Waals surface area contributed by atoms with Crippen LogP contribution in [0.1, 0.15) is 42.6 Å². The number of aryl methyl sites for hydroxylation is 1. The van der Waals surface area contributed by atoms with E-state index in [1.807, 2.05) is 31.2 Å². The lowest BCUT2D eigenvalue weighted by molar-refractivity contribution is -0.122. The quantitative estimate of drug-likeness (QED) is 0.430. The largest absolute Gasteiger partial charge is 0.494 e. The molecule has 168 valence electrons. The number of sulfonamides is 1. The molecule has 2 amide bonds. The van der Waals surface area contributed by atoms with Crippen LogP contribution in [0.25, 0.3) is 0 Å². The average molecular weight is 448 g/mol. The molecule has 2 rings (SSSR count). The zero-order valence-corrected chi connectivity index (χ0v) is 18.9. The topological polar surface area (TPSA) is 105 Å². The van der Waals surface area contributed by atoms with Gasteiger partial charge < -0.3 is 4.74 Å². The summed E-state index contributed by atoms with van der Waals surface area (Å²) in [7, 11) is -3.68. The molecule has 0 fully saturated rings. The van der Waals surface area contributed by atoms with Crippen molar-refractivity contribution < 1.29 is 22.7 Å². The van der Waals surface area contributed by atoms with Crippen LogP contribution in [0.3, 0.4) is 0 Å². The second-order valence-corrected chi connectivity index (χ2v) is 8.83. The third-order valence-corrected chi connectivity index (χ3v) is 6.61. The number of carbonyl (C=O) groups is 2. The number of hydrogen-bond acceptors (Lipinski definition) is 5. The Morgan fingerprint density at radius 1 is 1.00 bits per heavy atom. The van der Waals surface area contributed by atoms with Crippen LogP contribution in [-0.2, 0) is 14.8 Å². The van der Waals surface area contributed by atoms with E-state index in [0.29, 0.717) is 26.1 Å². The van der Waals surface area contributed by atoms with Gasteiger partial charge in [-0.3, -0.25) is 20.4 Å². The Bertz CT molecular complexity index is 1000. The van der Waals surface area contributed by atoms with Crippen molar-refractivity contribution in [1.29, 1.82) is 0 Å².